The monoisotopic (exact) mass is 560 g/mol. The molecule has 8 nitrogen and oxygen atoms in total. The van der Waals surface area contributed by atoms with Crippen molar-refractivity contribution in [3.05, 3.63) is 57.6 Å². The van der Waals surface area contributed by atoms with Crippen molar-refractivity contribution >= 4 is 33.4 Å². The van der Waals surface area contributed by atoms with Gasteiger partial charge in [-0.1, -0.05) is 26.0 Å². The molecule has 36 heavy (non-hydrogen) atoms. The minimum Gasteiger partial charge on any atom is -0.507 e. The first-order chi connectivity index (χ1) is 17.3. The molecular formula is C27H33BrN2O6. The molecule has 9 heteroatoms. The summed E-state index contributed by atoms with van der Waals surface area (Å²) in [6.45, 7) is 9.31. The largest absolute Gasteiger partial charge is 0.507 e. The number of hydrogen-bond acceptors (Lipinski definition) is 7. The molecule has 1 fully saturated rings. The Hall–Kier alpha value is -3.04. The van der Waals surface area contributed by atoms with Crippen molar-refractivity contribution in [2.45, 2.75) is 33.2 Å². The number of amides is 1. The van der Waals surface area contributed by atoms with Crippen molar-refractivity contribution in [2.24, 2.45) is 0 Å². The maximum atomic E-state index is 13.3. The molecule has 2 N–H and O–H groups in total. The highest BCUT2D eigenvalue weighted by Crippen LogP contribution is 2.44. The van der Waals surface area contributed by atoms with E-state index >= 15 is 0 Å². The Labute approximate surface area is 220 Å². The number of aliphatic hydroxyl groups excluding tert-OH is 1. The number of aromatic hydroxyl groups is 1. The number of carbonyl (C=O) groups is 2. The molecule has 3 rings (SSSR count). The van der Waals surface area contributed by atoms with Crippen LogP contribution in [0.3, 0.4) is 0 Å². The number of phenols is 1. The number of halogens is 1. The second-order valence-electron chi connectivity index (χ2n) is 8.39. The maximum Gasteiger partial charge on any atom is 0.295 e. The number of nitrogens with zero attached hydrogens (tertiary/aromatic N) is 2. The Bertz CT molecular complexity index is 1150. The van der Waals surface area contributed by atoms with Crippen LogP contribution in [0.15, 0.2) is 46.4 Å². The summed E-state index contributed by atoms with van der Waals surface area (Å²) >= 11 is 3.33. The van der Waals surface area contributed by atoms with Crippen LogP contribution in [-0.2, 0) is 9.59 Å². The van der Waals surface area contributed by atoms with Crippen molar-refractivity contribution in [2.75, 3.05) is 39.9 Å². The van der Waals surface area contributed by atoms with Crippen molar-refractivity contribution < 1.29 is 29.3 Å². The van der Waals surface area contributed by atoms with E-state index in [0.29, 0.717) is 40.9 Å². The van der Waals surface area contributed by atoms with Crippen LogP contribution >= 0.6 is 15.9 Å². The Morgan fingerprint density at radius 2 is 1.86 bits per heavy atom. The molecule has 0 saturated carbocycles. The van der Waals surface area contributed by atoms with Gasteiger partial charge in [0.2, 0.25) is 0 Å². The van der Waals surface area contributed by atoms with Crippen LogP contribution in [0.1, 0.15) is 44.4 Å². The summed E-state index contributed by atoms with van der Waals surface area (Å²) < 4.78 is 11.2. The molecule has 0 aliphatic carbocycles. The second kappa shape index (κ2) is 12.3. The summed E-state index contributed by atoms with van der Waals surface area (Å²) in [5.41, 5.74) is 0.883. The van der Waals surface area contributed by atoms with Crippen molar-refractivity contribution in [3.8, 4) is 17.2 Å². The Morgan fingerprint density at radius 1 is 1.14 bits per heavy atom. The number of likely N-dealkylation sites (tertiary alicyclic amines) is 1. The van der Waals surface area contributed by atoms with Crippen molar-refractivity contribution in [3.63, 3.8) is 0 Å². The second-order valence-corrected chi connectivity index (χ2v) is 9.24. The van der Waals surface area contributed by atoms with Gasteiger partial charge in [0.25, 0.3) is 11.7 Å². The van der Waals surface area contributed by atoms with Gasteiger partial charge in [-0.15, -0.1) is 0 Å². The third-order valence-corrected chi connectivity index (χ3v) is 6.92. The first-order valence-electron chi connectivity index (χ1n) is 12.1. The standard InChI is InChI=1S/C27H33BrN2O6/c1-5-29(6-2)12-9-13-30-23(18-15-20(28)25(32)21(16-18)35-4)22(26(33)27(30)34)24(31)17-10-8-11-19(14-17)36-7-3/h8,10-11,14-16,23,31-32H,5-7,9,12-13H2,1-4H3. The van der Waals surface area contributed by atoms with E-state index < -0.39 is 17.7 Å². The van der Waals surface area contributed by atoms with Crippen LogP contribution in [0.2, 0.25) is 0 Å². The third-order valence-electron chi connectivity index (χ3n) is 6.31. The molecule has 2 aromatic carbocycles. The molecule has 194 valence electrons. The Balaban J connectivity index is 2.13. The fraction of sp³-hybridized carbons (Fsp3) is 0.407. The highest BCUT2D eigenvalue weighted by atomic mass is 79.9. The van der Waals surface area contributed by atoms with E-state index in [0.717, 1.165) is 19.6 Å². The number of ketones is 1. The van der Waals surface area contributed by atoms with Gasteiger partial charge in [-0.3, -0.25) is 9.59 Å². The van der Waals surface area contributed by atoms with Gasteiger partial charge in [0.05, 0.1) is 29.8 Å². The van der Waals surface area contributed by atoms with E-state index in [2.05, 4.69) is 34.7 Å². The topological polar surface area (TPSA) is 99.5 Å². The minimum absolute atomic E-state index is 0.0175. The molecule has 2 aromatic rings. The zero-order chi connectivity index (χ0) is 26.4. The Kier molecular flexibility index (Phi) is 9.39. The summed E-state index contributed by atoms with van der Waals surface area (Å²) in [7, 11) is 1.42. The molecule has 1 saturated heterocycles. The molecule has 1 heterocycles. The fourth-order valence-electron chi connectivity index (χ4n) is 4.42. The summed E-state index contributed by atoms with van der Waals surface area (Å²) in [5, 5.41) is 21.6. The number of rotatable bonds is 11. The zero-order valence-electron chi connectivity index (χ0n) is 21.1. The lowest BCUT2D eigenvalue weighted by atomic mass is 9.95. The highest BCUT2D eigenvalue weighted by Gasteiger charge is 2.46. The minimum atomic E-state index is -0.858. The highest BCUT2D eigenvalue weighted by molar-refractivity contribution is 9.10. The van der Waals surface area contributed by atoms with Crippen LogP contribution < -0.4 is 9.47 Å². The van der Waals surface area contributed by atoms with E-state index in [-0.39, 0.29) is 22.8 Å². The van der Waals surface area contributed by atoms with Gasteiger partial charge in [0, 0.05) is 12.1 Å². The van der Waals surface area contributed by atoms with Crippen LogP contribution in [0.4, 0.5) is 0 Å². The van der Waals surface area contributed by atoms with Gasteiger partial charge in [-0.05, 0) is 78.7 Å². The van der Waals surface area contributed by atoms with Crippen LogP contribution in [0, 0.1) is 0 Å². The smallest absolute Gasteiger partial charge is 0.295 e. The number of ether oxygens (including phenoxy) is 2. The van der Waals surface area contributed by atoms with Gasteiger partial charge in [-0.2, -0.15) is 0 Å². The van der Waals surface area contributed by atoms with E-state index in [1.807, 2.05) is 6.92 Å². The van der Waals surface area contributed by atoms with Crippen LogP contribution in [-0.4, -0.2) is 71.6 Å². The molecule has 0 spiro atoms. The number of benzene rings is 2. The molecule has 1 aliphatic rings. The molecule has 1 amide bonds. The third kappa shape index (κ3) is 5.68. The average Bonchev–Trinajstić information content (AvgIpc) is 3.13. The number of aliphatic hydroxyl groups is 1. The summed E-state index contributed by atoms with van der Waals surface area (Å²) in [4.78, 5) is 30.3. The number of carbonyl (C=O) groups excluding carboxylic acids is 2. The fourth-order valence-corrected chi connectivity index (χ4v) is 4.88. The van der Waals surface area contributed by atoms with Crippen molar-refractivity contribution in [1.29, 1.82) is 0 Å². The normalized spacial score (nSPS) is 17.2. The number of phenolic OH excluding ortho intramolecular Hbond substituents is 1. The van der Waals surface area contributed by atoms with E-state index in [1.165, 1.54) is 12.0 Å². The number of methoxy groups -OCH3 is 1. The number of Topliss-reactive ketones (excluding diaryl/α,β-unsaturated/α-hetero) is 1. The Morgan fingerprint density at radius 3 is 2.50 bits per heavy atom. The van der Waals surface area contributed by atoms with Gasteiger partial charge < -0.3 is 29.5 Å². The first-order valence-corrected chi connectivity index (χ1v) is 12.9. The summed E-state index contributed by atoms with van der Waals surface area (Å²) in [6, 6.07) is 9.13. The molecule has 1 unspecified atom stereocenters. The number of hydrogen-bond donors (Lipinski definition) is 2. The maximum absolute atomic E-state index is 13.3. The van der Waals surface area contributed by atoms with Gasteiger partial charge in [0.15, 0.2) is 11.5 Å². The molecule has 1 atom stereocenters. The van der Waals surface area contributed by atoms with E-state index in [4.69, 9.17) is 9.47 Å². The predicted octanol–water partition coefficient (Wildman–Crippen LogP) is 4.72. The lowest BCUT2D eigenvalue weighted by Gasteiger charge is -2.27. The van der Waals surface area contributed by atoms with Crippen LogP contribution in [0.5, 0.6) is 17.2 Å². The quantitative estimate of drug-likeness (QED) is 0.233. The van der Waals surface area contributed by atoms with Crippen LogP contribution in [0.25, 0.3) is 5.76 Å². The van der Waals surface area contributed by atoms with Gasteiger partial charge in [-0.25, -0.2) is 0 Å². The lowest BCUT2D eigenvalue weighted by Crippen LogP contribution is -2.33. The molecule has 0 aromatic heterocycles. The lowest BCUT2D eigenvalue weighted by molar-refractivity contribution is -0.140. The molecule has 0 bridgehead atoms. The van der Waals surface area contributed by atoms with Gasteiger partial charge >= 0.3 is 0 Å². The molecule has 1 aliphatic heterocycles. The summed E-state index contributed by atoms with van der Waals surface area (Å²) in [5.74, 6) is -1.08. The van der Waals surface area contributed by atoms with E-state index in [9.17, 15) is 19.8 Å². The van der Waals surface area contributed by atoms with E-state index in [1.54, 1.807) is 36.4 Å². The SMILES string of the molecule is CCOc1cccc(C(O)=C2C(=O)C(=O)N(CCCN(CC)CC)C2c2cc(Br)c(O)c(OC)c2)c1. The molecular weight excluding hydrogens is 528 g/mol. The predicted molar refractivity (Wildman–Crippen MR) is 141 cm³/mol. The first kappa shape index (κ1) is 27.5. The zero-order valence-corrected chi connectivity index (χ0v) is 22.7. The summed E-state index contributed by atoms with van der Waals surface area (Å²) in [6.07, 6.45) is 0.654. The average molecular weight is 561 g/mol. The molecule has 0 radical (unpaired) electrons. The van der Waals surface area contributed by atoms with Crippen molar-refractivity contribution in [1.82, 2.24) is 9.80 Å². The van der Waals surface area contributed by atoms with Gasteiger partial charge in [0.1, 0.15) is 11.5 Å².